The van der Waals surface area contributed by atoms with Gasteiger partial charge in [-0.25, -0.2) is 0 Å². The topological polar surface area (TPSA) is 29.3 Å². The summed E-state index contributed by atoms with van der Waals surface area (Å²) in [6.07, 6.45) is 0. The quantitative estimate of drug-likeness (QED) is 0.904. The zero-order valence-electron chi connectivity index (χ0n) is 11.9. The van der Waals surface area contributed by atoms with Gasteiger partial charge in [0, 0.05) is 19.1 Å². The van der Waals surface area contributed by atoms with Gasteiger partial charge < -0.3 is 5.73 Å². The molecule has 1 unspecified atom stereocenters. The second kappa shape index (κ2) is 6.33. The maximum atomic E-state index is 5.98. The van der Waals surface area contributed by atoms with Gasteiger partial charge in [-0.2, -0.15) is 11.3 Å². The van der Waals surface area contributed by atoms with Crippen LogP contribution in [-0.4, -0.2) is 18.5 Å². The molecule has 2 aromatic rings. The summed E-state index contributed by atoms with van der Waals surface area (Å²) in [7, 11) is 2.14. The molecule has 2 rings (SSSR count). The van der Waals surface area contributed by atoms with Crippen LogP contribution in [0, 0.1) is 13.8 Å². The molecule has 2 N–H and O–H groups in total. The van der Waals surface area contributed by atoms with Gasteiger partial charge in [0.05, 0.1) is 0 Å². The van der Waals surface area contributed by atoms with E-state index < -0.39 is 0 Å². The Morgan fingerprint density at radius 3 is 2.58 bits per heavy atom. The van der Waals surface area contributed by atoms with E-state index in [-0.39, 0.29) is 6.04 Å². The molecule has 0 fully saturated rings. The number of benzene rings is 1. The number of hydrogen-bond donors (Lipinski definition) is 1. The van der Waals surface area contributed by atoms with Crippen LogP contribution in [0.25, 0.3) is 0 Å². The van der Waals surface area contributed by atoms with Gasteiger partial charge in [0.25, 0.3) is 0 Å². The predicted octanol–water partition coefficient (Wildman–Crippen LogP) is 3.50. The molecule has 0 aliphatic rings. The van der Waals surface area contributed by atoms with Crippen LogP contribution in [0.2, 0.25) is 0 Å². The fourth-order valence-corrected chi connectivity index (χ4v) is 2.98. The van der Waals surface area contributed by atoms with Gasteiger partial charge in [0.2, 0.25) is 0 Å². The van der Waals surface area contributed by atoms with Crippen LogP contribution in [0.3, 0.4) is 0 Å². The fourth-order valence-electron chi connectivity index (χ4n) is 2.32. The summed E-state index contributed by atoms with van der Waals surface area (Å²) in [5, 5.41) is 4.32. The van der Waals surface area contributed by atoms with Crippen molar-refractivity contribution in [3.63, 3.8) is 0 Å². The highest BCUT2D eigenvalue weighted by Gasteiger charge is 2.16. The minimum Gasteiger partial charge on any atom is -0.329 e. The Morgan fingerprint density at radius 1 is 1.21 bits per heavy atom. The highest BCUT2D eigenvalue weighted by Crippen LogP contribution is 2.23. The molecular formula is C16H22N2S. The molecule has 0 aliphatic carbocycles. The average Bonchev–Trinajstić information content (AvgIpc) is 2.87. The van der Waals surface area contributed by atoms with Gasteiger partial charge in [-0.3, -0.25) is 4.90 Å². The smallest absolute Gasteiger partial charge is 0.0471 e. The van der Waals surface area contributed by atoms with Crippen molar-refractivity contribution in [1.29, 1.82) is 0 Å². The summed E-state index contributed by atoms with van der Waals surface area (Å²) in [5.41, 5.74) is 11.3. The molecule has 0 saturated carbocycles. The molecule has 1 atom stereocenters. The van der Waals surface area contributed by atoms with Crippen LogP contribution in [0.15, 0.2) is 35.0 Å². The summed E-state index contributed by atoms with van der Waals surface area (Å²) in [5.74, 6) is 0. The van der Waals surface area contributed by atoms with Crippen LogP contribution in [0.5, 0.6) is 0 Å². The van der Waals surface area contributed by atoms with Crippen LogP contribution in [0.4, 0.5) is 0 Å². The Hall–Kier alpha value is -1.16. The predicted molar refractivity (Wildman–Crippen MR) is 83.5 cm³/mol. The lowest BCUT2D eigenvalue weighted by Crippen LogP contribution is -2.30. The molecular weight excluding hydrogens is 252 g/mol. The SMILES string of the molecule is Cc1ccc(C(CN)N(C)Cc2ccsc2)cc1C. The van der Waals surface area contributed by atoms with Gasteiger partial charge in [-0.05, 0) is 60.0 Å². The second-order valence-corrected chi connectivity index (χ2v) is 5.92. The molecule has 0 radical (unpaired) electrons. The van der Waals surface area contributed by atoms with Crippen LogP contribution in [0.1, 0.15) is 28.3 Å². The number of thiophene rings is 1. The van der Waals surface area contributed by atoms with Crippen molar-refractivity contribution in [2.24, 2.45) is 5.73 Å². The van der Waals surface area contributed by atoms with E-state index in [1.54, 1.807) is 11.3 Å². The highest BCUT2D eigenvalue weighted by molar-refractivity contribution is 7.07. The maximum Gasteiger partial charge on any atom is 0.0471 e. The van der Waals surface area contributed by atoms with Crippen molar-refractivity contribution in [2.45, 2.75) is 26.4 Å². The van der Waals surface area contributed by atoms with Crippen molar-refractivity contribution in [3.05, 3.63) is 57.3 Å². The van der Waals surface area contributed by atoms with Gasteiger partial charge in [0.1, 0.15) is 0 Å². The monoisotopic (exact) mass is 274 g/mol. The van der Waals surface area contributed by atoms with E-state index in [0.717, 1.165) is 6.54 Å². The van der Waals surface area contributed by atoms with Crippen molar-refractivity contribution in [3.8, 4) is 0 Å². The minimum absolute atomic E-state index is 0.277. The zero-order valence-corrected chi connectivity index (χ0v) is 12.7. The lowest BCUT2D eigenvalue weighted by Gasteiger charge is -2.27. The normalized spacial score (nSPS) is 12.9. The van der Waals surface area contributed by atoms with Gasteiger partial charge >= 0.3 is 0 Å². The number of nitrogens with zero attached hydrogens (tertiary/aromatic N) is 1. The Balaban J connectivity index is 2.16. The Morgan fingerprint density at radius 2 is 2.00 bits per heavy atom. The Bertz CT molecular complexity index is 520. The third-order valence-electron chi connectivity index (χ3n) is 3.68. The molecule has 0 saturated heterocycles. The minimum atomic E-state index is 0.277. The molecule has 1 aromatic carbocycles. The summed E-state index contributed by atoms with van der Waals surface area (Å²) in [6.45, 7) is 5.89. The average molecular weight is 274 g/mol. The molecule has 0 bridgehead atoms. The van der Waals surface area contributed by atoms with E-state index in [9.17, 15) is 0 Å². The maximum absolute atomic E-state index is 5.98. The largest absolute Gasteiger partial charge is 0.329 e. The van der Waals surface area contributed by atoms with Gasteiger partial charge in [-0.1, -0.05) is 18.2 Å². The third-order valence-corrected chi connectivity index (χ3v) is 4.42. The molecule has 0 spiro atoms. The van der Waals surface area contributed by atoms with E-state index in [2.05, 4.69) is 60.8 Å². The van der Waals surface area contributed by atoms with Crippen molar-refractivity contribution in [1.82, 2.24) is 4.90 Å². The molecule has 102 valence electrons. The Kier molecular flexibility index (Phi) is 4.75. The number of nitrogens with two attached hydrogens (primary N) is 1. The van der Waals surface area contributed by atoms with E-state index in [4.69, 9.17) is 5.73 Å². The third kappa shape index (κ3) is 3.44. The van der Waals surface area contributed by atoms with Gasteiger partial charge in [-0.15, -0.1) is 0 Å². The number of likely N-dealkylation sites (N-methyl/N-ethyl adjacent to an activating group) is 1. The molecule has 2 nitrogen and oxygen atoms in total. The Labute approximate surface area is 119 Å². The number of rotatable bonds is 5. The highest BCUT2D eigenvalue weighted by atomic mass is 32.1. The summed E-state index contributed by atoms with van der Waals surface area (Å²) < 4.78 is 0. The molecule has 1 aromatic heterocycles. The molecule has 0 amide bonds. The lowest BCUT2D eigenvalue weighted by molar-refractivity contribution is 0.242. The fraction of sp³-hybridized carbons (Fsp3) is 0.375. The van der Waals surface area contributed by atoms with Crippen molar-refractivity contribution < 1.29 is 0 Å². The van der Waals surface area contributed by atoms with Crippen LogP contribution < -0.4 is 5.73 Å². The van der Waals surface area contributed by atoms with E-state index in [1.165, 1.54) is 22.3 Å². The number of aryl methyl sites for hydroxylation is 2. The molecule has 3 heteroatoms. The first-order valence-corrected chi connectivity index (χ1v) is 7.54. The first kappa shape index (κ1) is 14.3. The standard InChI is InChI=1S/C16H22N2S/c1-12-4-5-15(8-13(12)2)16(9-17)18(3)10-14-6-7-19-11-14/h4-8,11,16H,9-10,17H2,1-3H3. The van der Waals surface area contributed by atoms with E-state index in [1.807, 2.05) is 0 Å². The molecule has 0 aliphatic heterocycles. The molecule has 19 heavy (non-hydrogen) atoms. The first-order valence-electron chi connectivity index (χ1n) is 6.60. The second-order valence-electron chi connectivity index (χ2n) is 5.14. The lowest BCUT2D eigenvalue weighted by atomic mass is 10.00. The summed E-state index contributed by atoms with van der Waals surface area (Å²) >= 11 is 1.74. The molecule has 1 heterocycles. The summed E-state index contributed by atoms with van der Waals surface area (Å²) in [4.78, 5) is 2.33. The summed E-state index contributed by atoms with van der Waals surface area (Å²) in [6, 6.07) is 9.10. The zero-order chi connectivity index (χ0) is 13.8. The van der Waals surface area contributed by atoms with E-state index >= 15 is 0 Å². The van der Waals surface area contributed by atoms with Crippen molar-refractivity contribution in [2.75, 3.05) is 13.6 Å². The van der Waals surface area contributed by atoms with Crippen LogP contribution in [-0.2, 0) is 6.54 Å². The van der Waals surface area contributed by atoms with Crippen molar-refractivity contribution >= 4 is 11.3 Å². The van der Waals surface area contributed by atoms with E-state index in [0.29, 0.717) is 6.54 Å². The number of hydrogen-bond acceptors (Lipinski definition) is 3. The van der Waals surface area contributed by atoms with Gasteiger partial charge in [0.15, 0.2) is 0 Å². The first-order chi connectivity index (χ1) is 9.11. The van der Waals surface area contributed by atoms with Crippen LogP contribution >= 0.6 is 11.3 Å².